The van der Waals surface area contributed by atoms with Crippen molar-refractivity contribution in [2.45, 2.75) is 6.92 Å². The molecule has 0 radical (unpaired) electrons. The normalized spacial score (nSPS) is 10.2. The number of likely N-dealkylation sites (N-methyl/N-ethyl adjacent to an activating group) is 1. The minimum absolute atomic E-state index is 0.121. The molecule has 1 aromatic heterocycles. The molecular formula is C17H20N2O4. The summed E-state index contributed by atoms with van der Waals surface area (Å²) in [7, 11) is 3.20. The third-order valence-electron chi connectivity index (χ3n) is 3.39. The largest absolute Gasteiger partial charge is 0.493 e. The van der Waals surface area contributed by atoms with Gasteiger partial charge in [0, 0.05) is 12.7 Å². The minimum atomic E-state index is -0.382. The van der Waals surface area contributed by atoms with Crippen molar-refractivity contribution in [2.75, 3.05) is 27.3 Å². The number of para-hydroxylation sites is 2. The Balaban J connectivity index is 1.95. The molecule has 0 aliphatic rings. The van der Waals surface area contributed by atoms with Crippen LogP contribution in [0.3, 0.4) is 0 Å². The molecule has 0 spiro atoms. The number of rotatable bonds is 6. The number of nitrogens with zero attached hydrogens (tertiary/aromatic N) is 1. The fourth-order valence-electron chi connectivity index (χ4n) is 2.08. The number of hydrogen-bond acceptors (Lipinski definition) is 4. The van der Waals surface area contributed by atoms with Crippen molar-refractivity contribution in [1.82, 2.24) is 9.88 Å². The van der Waals surface area contributed by atoms with Crippen LogP contribution in [-0.4, -0.2) is 43.1 Å². The number of methoxy groups -OCH3 is 1. The Morgan fingerprint density at radius 3 is 2.52 bits per heavy atom. The van der Waals surface area contributed by atoms with Crippen LogP contribution in [0.1, 0.15) is 16.1 Å². The van der Waals surface area contributed by atoms with E-state index < -0.39 is 0 Å². The highest BCUT2D eigenvalue weighted by molar-refractivity contribution is 5.93. The van der Waals surface area contributed by atoms with Crippen molar-refractivity contribution in [1.29, 1.82) is 0 Å². The molecule has 0 aliphatic carbocycles. The lowest BCUT2D eigenvalue weighted by molar-refractivity contribution is 0.0771. The van der Waals surface area contributed by atoms with Gasteiger partial charge in [0.25, 0.3) is 11.5 Å². The van der Waals surface area contributed by atoms with Crippen molar-refractivity contribution in [3.63, 3.8) is 0 Å². The van der Waals surface area contributed by atoms with Crippen LogP contribution in [0, 0.1) is 6.92 Å². The number of benzene rings is 1. The zero-order valence-electron chi connectivity index (χ0n) is 13.5. The Kier molecular flexibility index (Phi) is 5.41. The van der Waals surface area contributed by atoms with Gasteiger partial charge in [0.2, 0.25) is 0 Å². The fourth-order valence-corrected chi connectivity index (χ4v) is 2.08. The first-order valence-corrected chi connectivity index (χ1v) is 7.24. The molecule has 0 fully saturated rings. The molecule has 2 aromatic rings. The molecule has 0 atom stereocenters. The number of hydrogen-bond donors (Lipinski definition) is 1. The average molecular weight is 316 g/mol. The van der Waals surface area contributed by atoms with E-state index in [2.05, 4.69) is 4.98 Å². The number of pyridine rings is 1. The molecule has 2 rings (SSSR count). The minimum Gasteiger partial charge on any atom is -0.493 e. The maximum Gasteiger partial charge on any atom is 0.260 e. The summed E-state index contributed by atoms with van der Waals surface area (Å²) >= 11 is 0. The van der Waals surface area contributed by atoms with E-state index in [0.717, 1.165) is 0 Å². The van der Waals surface area contributed by atoms with Gasteiger partial charge >= 0.3 is 0 Å². The van der Waals surface area contributed by atoms with E-state index in [1.807, 2.05) is 12.1 Å². The second-order valence-electron chi connectivity index (χ2n) is 5.11. The zero-order valence-corrected chi connectivity index (χ0v) is 13.5. The van der Waals surface area contributed by atoms with Gasteiger partial charge in [0.1, 0.15) is 12.2 Å². The third kappa shape index (κ3) is 4.12. The van der Waals surface area contributed by atoms with E-state index >= 15 is 0 Å². The van der Waals surface area contributed by atoms with Gasteiger partial charge < -0.3 is 19.4 Å². The summed E-state index contributed by atoms with van der Waals surface area (Å²) < 4.78 is 10.8. The highest BCUT2D eigenvalue weighted by atomic mass is 16.5. The second-order valence-corrected chi connectivity index (χ2v) is 5.11. The van der Waals surface area contributed by atoms with Crippen molar-refractivity contribution in [3.8, 4) is 11.5 Å². The van der Waals surface area contributed by atoms with Crippen LogP contribution >= 0.6 is 0 Å². The highest BCUT2D eigenvalue weighted by Gasteiger charge is 2.15. The van der Waals surface area contributed by atoms with Gasteiger partial charge in [-0.3, -0.25) is 9.59 Å². The quantitative estimate of drug-likeness (QED) is 0.883. The Labute approximate surface area is 134 Å². The van der Waals surface area contributed by atoms with E-state index in [-0.39, 0.29) is 17.0 Å². The molecule has 6 heteroatoms. The Morgan fingerprint density at radius 1 is 1.17 bits per heavy atom. The van der Waals surface area contributed by atoms with Crippen LogP contribution in [0.15, 0.2) is 41.2 Å². The second kappa shape index (κ2) is 7.49. The molecule has 0 unspecified atom stereocenters. The summed E-state index contributed by atoms with van der Waals surface area (Å²) in [4.78, 5) is 28.2. The van der Waals surface area contributed by atoms with Crippen LogP contribution in [0.25, 0.3) is 0 Å². The summed E-state index contributed by atoms with van der Waals surface area (Å²) in [5.41, 5.74) is 0.455. The number of H-pyrrole nitrogens is 1. The van der Waals surface area contributed by atoms with E-state index in [9.17, 15) is 9.59 Å². The van der Waals surface area contributed by atoms with E-state index in [4.69, 9.17) is 9.47 Å². The number of carbonyl (C=O) groups is 1. The van der Waals surface area contributed by atoms with Gasteiger partial charge in [0.05, 0.1) is 13.7 Å². The van der Waals surface area contributed by atoms with Crippen molar-refractivity contribution in [2.24, 2.45) is 0 Å². The molecule has 1 amide bonds. The van der Waals surface area contributed by atoms with Gasteiger partial charge in [-0.25, -0.2) is 0 Å². The molecule has 1 N–H and O–H groups in total. The smallest absolute Gasteiger partial charge is 0.260 e. The SMILES string of the molecule is COc1ccccc1OCCN(C)C(=O)c1ccc(C)[nH]c1=O. The molecule has 6 nitrogen and oxygen atoms in total. The van der Waals surface area contributed by atoms with E-state index in [1.165, 1.54) is 11.0 Å². The Hall–Kier alpha value is -2.76. The van der Waals surface area contributed by atoms with Gasteiger partial charge in [-0.05, 0) is 31.2 Å². The van der Waals surface area contributed by atoms with Crippen LogP contribution in [0.2, 0.25) is 0 Å². The maximum absolute atomic E-state index is 12.3. The van der Waals surface area contributed by atoms with Crippen molar-refractivity contribution >= 4 is 5.91 Å². The zero-order chi connectivity index (χ0) is 16.8. The molecule has 122 valence electrons. The summed E-state index contributed by atoms with van der Waals surface area (Å²) in [6.07, 6.45) is 0. The van der Waals surface area contributed by atoms with Gasteiger partial charge in [-0.1, -0.05) is 12.1 Å². The molecule has 1 heterocycles. The number of amides is 1. The predicted molar refractivity (Wildman–Crippen MR) is 87.2 cm³/mol. The maximum atomic E-state index is 12.3. The summed E-state index contributed by atoms with van der Waals surface area (Å²) in [6, 6.07) is 10.5. The number of aromatic nitrogens is 1. The van der Waals surface area contributed by atoms with Crippen LogP contribution in [0.5, 0.6) is 11.5 Å². The van der Waals surface area contributed by atoms with Crippen molar-refractivity contribution in [3.05, 3.63) is 58.0 Å². The van der Waals surface area contributed by atoms with Gasteiger partial charge in [-0.15, -0.1) is 0 Å². The Bertz CT molecular complexity index is 739. The predicted octanol–water partition coefficient (Wildman–Crippen LogP) is 1.84. The Morgan fingerprint density at radius 2 is 1.87 bits per heavy atom. The summed E-state index contributed by atoms with van der Waals surface area (Å²) in [5.74, 6) is 0.912. The molecule has 0 aliphatic heterocycles. The van der Waals surface area contributed by atoms with Gasteiger partial charge in [-0.2, -0.15) is 0 Å². The molecular weight excluding hydrogens is 296 g/mol. The standard InChI is InChI=1S/C17H20N2O4/c1-12-8-9-13(16(20)18-12)17(21)19(2)10-11-23-15-7-5-4-6-14(15)22-3/h4-9H,10-11H2,1-3H3,(H,18,20). The fraction of sp³-hybridized carbons (Fsp3) is 0.294. The number of ether oxygens (including phenoxy) is 2. The molecule has 0 saturated heterocycles. The number of nitrogens with one attached hydrogen (secondary N) is 1. The van der Waals surface area contributed by atoms with E-state index in [1.54, 1.807) is 39.3 Å². The number of carbonyl (C=O) groups excluding carboxylic acids is 1. The molecule has 0 saturated carbocycles. The topological polar surface area (TPSA) is 71.6 Å². The first-order valence-electron chi connectivity index (χ1n) is 7.24. The first-order chi connectivity index (χ1) is 11.0. The molecule has 0 bridgehead atoms. The third-order valence-corrected chi connectivity index (χ3v) is 3.39. The van der Waals surface area contributed by atoms with E-state index in [0.29, 0.717) is 30.3 Å². The lowest BCUT2D eigenvalue weighted by Crippen LogP contribution is -2.34. The summed E-state index contributed by atoms with van der Waals surface area (Å²) in [6.45, 7) is 2.41. The lowest BCUT2D eigenvalue weighted by atomic mass is 10.2. The first kappa shape index (κ1) is 16.6. The van der Waals surface area contributed by atoms with Crippen molar-refractivity contribution < 1.29 is 14.3 Å². The number of aromatic amines is 1. The molecule has 1 aromatic carbocycles. The van der Waals surface area contributed by atoms with Crippen LogP contribution in [-0.2, 0) is 0 Å². The summed E-state index contributed by atoms with van der Waals surface area (Å²) in [5, 5.41) is 0. The average Bonchev–Trinajstić information content (AvgIpc) is 2.54. The number of aryl methyl sites for hydroxylation is 1. The monoisotopic (exact) mass is 316 g/mol. The highest BCUT2D eigenvalue weighted by Crippen LogP contribution is 2.25. The lowest BCUT2D eigenvalue weighted by Gasteiger charge is -2.18. The van der Waals surface area contributed by atoms with Crippen LogP contribution in [0.4, 0.5) is 0 Å². The van der Waals surface area contributed by atoms with Crippen LogP contribution < -0.4 is 15.0 Å². The molecule has 23 heavy (non-hydrogen) atoms. The van der Waals surface area contributed by atoms with Gasteiger partial charge in [0.15, 0.2) is 11.5 Å².